The van der Waals surface area contributed by atoms with Crippen LogP contribution in [0.2, 0.25) is 0 Å². The van der Waals surface area contributed by atoms with Gasteiger partial charge in [-0.1, -0.05) is 44.0 Å². The van der Waals surface area contributed by atoms with Gasteiger partial charge in [0, 0.05) is 20.6 Å². The lowest BCUT2D eigenvalue weighted by Gasteiger charge is -2.14. The maximum Gasteiger partial charge on any atom is 0.133 e. The van der Waals surface area contributed by atoms with E-state index in [1.165, 1.54) is 0 Å². The summed E-state index contributed by atoms with van der Waals surface area (Å²) in [6, 6.07) is 13.5. The molecule has 2 aromatic carbocycles. The number of halogens is 2. The van der Waals surface area contributed by atoms with Gasteiger partial charge in [-0.05, 0) is 37.3 Å². The molecule has 18 heavy (non-hydrogen) atoms. The van der Waals surface area contributed by atoms with E-state index in [4.69, 9.17) is 10.5 Å². The standard InChI is InChI=1S/C14H13Br2NO/c1-9(17)13-6-5-11(16)8-14(13)18-12-4-2-3-10(15)7-12/h2-9H,17H2,1H3. The summed E-state index contributed by atoms with van der Waals surface area (Å²) in [5, 5.41) is 0. The van der Waals surface area contributed by atoms with Crippen LogP contribution in [0.15, 0.2) is 51.4 Å². The molecule has 2 N–H and O–H groups in total. The van der Waals surface area contributed by atoms with E-state index in [2.05, 4.69) is 31.9 Å². The Morgan fingerprint density at radius 2 is 1.78 bits per heavy atom. The van der Waals surface area contributed by atoms with Crippen LogP contribution in [0.1, 0.15) is 18.5 Å². The Morgan fingerprint density at radius 3 is 2.44 bits per heavy atom. The topological polar surface area (TPSA) is 35.2 Å². The summed E-state index contributed by atoms with van der Waals surface area (Å²) in [7, 11) is 0. The molecule has 1 atom stereocenters. The first-order valence-corrected chi connectivity index (χ1v) is 7.13. The lowest BCUT2D eigenvalue weighted by Crippen LogP contribution is -2.06. The monoisotopic (exact) mass is 369 g/mol. The fraction of sp³-hybridized carbons (Fsp3) is 0.143. The van der Waals surface area contributed by atoms with Crippen molar-refractivity contribution in [1.29, 1.82) is 0 Å². The lowest BCUT2D eigenvalue weighted by atomic mass is 10.1. The average Bonchev–Trinajstić information content (AvgIpc) is 2.28. The van der Waals surface area contributed by atoms with Crippen molar-refractivity contribution in [1.82, 2.24) is 0 Å². The van der Waals surface area contributed by atoms with Gasteiger partial charge in [-0.2, -0.15) is 0 Å². The highest BCUT2D eigenvalue weighted by Gasteiger charge is 2.09. The van der Waals surface area contributed by atoms with Gasteiger partial charge in [0.2, 0.25) is 0 Å². The molecule has 2 nitrogen and oxygen atoms in total. The molecule has 0 aliphatic rings. The van der Waals surface area contributed by atoms with E-state index in [9.17, 15) is 0 Å². The first-order chi connectivity index (χ1) is 8.56. The van der Waals surface area contributed by atoms with Crippen LogP contribution in [-0.4, -0.2) is 0 Å². The second-order valence-corrected chi connectivity index (χ2v) is 5.86. The molecule has 0 amide bonds. The van der Waals surface area contributed by atoms with Gasteiger partial charge in [0.15, 0.2) is 0 Å². The zero-order valence-electron chi connectivity index (χ0n) is 9.86. The molecule has 4 heteroatoms. The highest BCUT2D eigenvalue weighted by molar-refractivity contribution is 9.10. The van der Waals surface area contributed by atoms with Crippen LogP contribution in [0.3, 0.4) is 0 Å². The van der Waals surface area contributed by atoms with Gasteiger partial charge in [0.25, 0.3) is 0 Å². The summed E-state index contributed by atoms with van der Waals surface area (Å²) in [6.07, 6.45) is 0. The van der Waals surface area contributed by atoms with Crippen LogP contribution in [0.4, 0.5) is 0 Å². The van der Waals surface area contributed by atoms with Crippen LogP contribution in [0.5, 0.6) is 11.5 Å². The molecule has 0 aliphatic heterocycles. The van der Waals surface area contributed by atoms with Crippen LogP contribution in [-0.2, 0) is 0 Å². The van der Waals surface area contributed by atoms with Crippen molar-refractivity contribution in [2.24, 2.45) is 5.73 Å². The Kier molecular flexibility index (Phi) is 4.43. The maximum absolute atomic E-state index is 5.94. The molecule has 2 rings (SSSR count). The van der Waals surface area contributed by atoms with E-state index in [1.807, 2.05) is 49.4 Å². The number of nitrogens with two attached hydrogens (primary N) is 1. The highest BCUT2D eigenvalue weighted by Crippen LogP contribution is 2.32. The summed E-state index contributed by atoms with van der Waals surface area (Å²) >= 11 is 6.87. The summed E-state index contributed by atoms with van der Waals surface area (Å²) < 4.78 is 7.85. The Morgan fingerprint density at radius 1 is 1.06 bits per heavy atom. The zero-order valence-corrected chi connectivity index (χ0v) is 13.0. The van der Waals surface area contributed by atoms with Crippen molar-refractivity contribution in [3.8, 4) is 11.5 Å². The first kappa shape index (κ1) is 13.6. The molecule has 0 spiro atoms. The molecular formula is C14H13Br2NO. The minimum atomic E-state index is -0.0692. The molecule has 0 aromatic heterocycles. The SMILES string of the molecule is CC(N)c1ccc(Br)cc1Oc1cccc(Br)c1. The molecule has 0 radical (unpaired) electrons. The molecule has 0 fully saturated rings. The highest BCUT2D eigenvalue weighted by atomic mass is 79.9. The van der Waals surface area contributed by atoms with E-state index in [0.717, 1.165) is 26.0 Å². The van der Waals surface area contributed by atoms with Gasteiger partial charge in [-0.15, -0.1) is 0 Å². The number of rotatable bonds is 3. The lowest BCUT2D eigenvalue weighted by molar-refractivity contribution is 0.471. The van der Waals surface area contributed by atoms with E-state index in [1.54, 1.807) is 0 Å². The Labute approximate surface area is 123 Å². The van der Waals surface area contributed by atoms with Crippen molar-refractivity contribution >= 4 is 31.9 Å². The number of ether oxygens (including phenoxy) is 1. The average molecular weight is 371 g/mol. The van der Waals surface area contributed by atoms with E-state index in [-0.39, 0.29) is 6.04 Å². The summed E-state index contributed by atoms with van der Waals surface area (Å²) in [5.74, 6) is 1.56. The fourth-order valence-corrected chi connectivity index (χ4v) is 2.35. The summed E-state index contributed by atoms with van der Waals surface area (Å²) in [6.45, 7) is 1.94. The van der Waals surface area contributed by atoms with Crippen molar-refractivity contribution in [2.75, 3.05) is 0 Å². The molecule has 0 heterocycles. The van der Waals surface area contributed by atoms with Gasteiger partial charge >= 0.3 is 0 Å². The van der Waals surface area contributed by atoms with Crippen molar-refractivity contribution in [2.45, 2.75) is 13.0 Å². The fourth-order valence-electron chi connectivity index (χ4n) is 1.63. The third-order valence-electron chi connectivity index (χ3n) is 2.49. The number of hydrogen-bond acceptors (Lipinski definition) is 2. The van der Waals surface area contributed by atoms with Crippen molar-refractivity contribution < 1.29 is 4.74 Å². The predicted octanol–water partition coefficient (Wildman–Crippen LogP) is 5.02. The van der Waals surface area contributed by atoms with Gasteiger partial charge in [-0.3, -0.25) is 0 Å². The van der Waals surface area contributed by atoms with Gasteiger partial charge in [0.05, 0.1) is 0 Å². The van der Waals surface area contributed by atoms with Gasteiger partial charge in [0.1, 0.15) is 11.5 Å². The number of hydrogen-bond donors (Lipinski definition) is 1. The third kappa shape index (κ3) is 3.34. The smallest absolute Gasteiger partial charge is 0.133 e. The van der Waals surface area contributed by atoms with Crippen molar-refractivity contribution in [3.05, 3.63) is 57.0 Å². The van der Waals surface area contributed by atoms with E-state index in [0.29, 0.717) is 0 Å². The van der Waals surface area contributed by atoms with E-state index < -0.39 is 0 Å². The largest absolute Gasteiger partial charge is 0.457 e. The molecule has 0 aliphatic carbocycles. The van der Waals surface area contributed by atoms with Crippen LogP contribution < -0.4 is 10.5 Å². The van der Waals surface area contributed by atoms with Crippen LogP contribution in [0.25, 0.3) is 0 Å². The van der Waals surface area contributed by atoms with Gasteiger partial charge < -0.3 is 10.5 Å². The molecule has 94 valence electrons. The minimum Gasteiger partial charge on any atom is -0.457 e. The molecule has 0 saturated heterocycles. The Balaban J connectivity index is 2.36. The first-order valence-electron chi connectivity index (χ1n) is 5.54. The molecule has 0 saturated carbocycles. The second kappa shape index (κ2) is 5.87. The summed E-state index contributed by atoms with van der Waals surface area (Å²) in [5.41, 5.74) is 6.93. The zero-order chi connectivity index (χ0) is 13.1. The van der Waals surface area contributed by atoms with Crippen LogP contribution >= 0.6 is 31.9 Å². The van der Waals surface area contributed by atoms with E-state index >= 15 is 0 Å². The third-order valence-corrected chi connectivity index (χ3v) is 3.48. The molecular weight excluding hydrogens is 358 g/mol. The second-order valence-electron chi connectivity index (χ2n) is 4.03. The molecule has 2 aromatic rings. The predicted molar refractivity (Wildman–Crippen MR) is 81.0 cm³/mol. The Hall–Kier alpha value is -0.840. The maximum atomic E-state index is 5.94. The summed E-state index contributed by atoms with van der Waals surface area (Å²) in [4.78, 5) is 0. The molecule has 0 bridgehead atoms. The normalized spacial score (nSPS) is 12.2. The minimum absolute atomic E-state index is 0.0692. The Bertz CT molecular complexity index is 555. The quantitative estimate of drug-likeness (QED) is 0.822. The molecule has 1 unspecified atom stereocenters. The van der Waals surface area contributed by atoms with Crippen molar-refractivity contribution in [3.63, 3.8) is 0 Å². The number of benzene rings is 2. The van der Waals surface area contributed by atoms with Crippen LogP contribution in [0, 0.1) is 0 Å². The van der Waals surface area contributed by atoms with Gasteiger partial charge in [-0.25, -0.2) is 0 Å².